The van der Waals surface area contributed by atoms with Crippen molar-refractivity contribution < 1.29 is 4.74 Å². The molecular weight excluding hydrogens is 358 g/mol. The van der Waals surface area contributed by atoms with Crippen molar-refractivity contribution in [2.24, 2.45) is 0 Å². The Morgan fingerprint density at radius 3 is 2.28 bits per heavy atom. The lowest BCUT2D eigenvalue weighted by Crippen LogP contribution is -2.45. The van der Waals surface area contributed by atoms with Gasteiger partial charge in [0, 0.05) is 18.4 Å². The Labute approximate surface area is 173 Å². The quantitative estimate of drug-likeness (QED) is 0.518. The van der Waals surface area contributed by atoms with Crippen LogP contribution in [-0.2, 0) is 13.2 Å². The lowest BCUT2D eigenvalue weighted by atomic mass is 9.96. The van der Waals surface area contributed by atoms with Gasteiger partial charge in [0.15, 0.2) is 0 Å². The number of anilines is 1. The maximum Gasteiger partial charge on any atom is 0.119 e. The summed E-state index contributed by atoms with van der Waals surface area (Å²) in [6.45, 7) is 1.39. The summed E-state index contributed by atoms with van der Waals surface area (Å²) in [7, 11) is 0. The van der Waals surface area contributed by atoms with Gasteiger partial charge >= 0.3 is 0 Å². The number of hydrogen-bond donors (Lipinski definition) is 1. The monoisotopic (exact) mass is 387 g/mol. The molecule has 4 heteroatoms. The first-order valence-electron chi connectivity index (χ1n) is 10.6. The fourth-order valence-electron chi connectivity index (χ4n) is 3.80. The van der Waals surface area contributed by atoms with E-state index in [0.717, 1.165) is 18.0 Å². The first kappa shape index (κ1) is 19.5. The molecular formula is C25H29N3O. The summed E-state index contributed by atoms with van der Waals surface area (Å²) >= 11 is 0. The van der Waals surface area contributed by atoms with Crippen molar-refractivity contribution in [3.63, 3.8) is 0 Å². The van der Waals surface area contributed by atoms with Crippen molar-refractivity contribution in [1.29, 1.82) is 0 Å². The molecule has 4 rings (SSSR count). The summed E-state index contributed by atoms with van der Waals surface area (Å²) < 4.78 is 5.92. The van der Waals surface area contributed by atoms with Crippen molar-refractivity contribution >= 4 is 5.69 Å². The van der Waals surface area contributed by atoms with Gasteiger partial charge in [0.05, 0.1) is 12.2 Å². The third-order valence-electron chi connectivity index (χ3n) is 5.43. The number of pyridine rings is 1. The topological polar surface area (TPSA) is 37.4 Å². The van der Waals surface area contributed by atoms with Crippen molar-refractivity contribution in [2.45, 2.75) is 51.3 Å². The Balaban J connectivity index is 1.40. The lowest BCUT2D eigenvalue weighted by molar-refractivity contribution is 0.306. The summed E-state index contributed by atoms with van der Waals surface area (Å²) in [6.07, 6.45) is 10.2. The van der Waals surface area contributed by atoms with Gasteiger partial charge < -0.3 is 9.75 Å². The number of hydrazine groups is 1. The van der Waals surface area contributed by atoms with E-state index in [2.05, 4.69) is 63.9 Å². The van der Waals surface area contributed by atoms with E-state index in [1.807, 2.05) is 30.6 Å². The van der Waals surface area contributed by atoms with Gasteiger partial charge in [-0.3, -0.25) is 4.98 Å². The largest absolute Gasteiger partial charge is 0.489 e. The van der Waals surface area contributed by atoms with Gasteiger partial charge in [0.2, 0.25) is 0 Å². The van der Waals surface area contributed by atoms with Crippen molar-refractivity contribution in [1.82, 2.24) is 10.4 Å². The van der Waals surface area contributed by atoms with Gasteiger partial charge in [-0.05, 0) is 48.2 Å². The van der Waals surface area contributed by atoms with E-state index in [4.69, 9.17) is 4.74 Å². The highest BCUT2D eigenvalue weighted by atomic mass is 16.5. The zero-order valence-electron chi connectivity index (χ0n) is 16.8. The predicted molar refractivity (Wildman–Crippen MR) is 118 cm³/mol. The van der Waals surface area contributed by atoms with E-state index < -0.39 is 0 Å². The Hall–Kier alpha value is -2.85. The number of aromatic nitrogens is 1. The molecule has 0 bridgehead atoms. The van der Waals surface area contributed by atoms with Crippen LogP contribution < -0.4 is 15.2 Å². The molecule has 0 unspecified atom stereocenters. The molecule has 1 heterocycles. The third-order valence-corrected chi connectivity index (χ3v) is 5.43. The molecule has 0 radical (unpaired) electrons. The minimum absolute atomic E-state index is 0.547. The van der Waals surface area contributed by atoms with Crippen LogP contribution in [0.2, 0.25) is 0 Å². The molecule has 0 spiro atoms. The first-order valence-corrected chi connectivity index (χ1v) is 10.6. The Morgan fingerprint density at radius 2 is 1.55 bits per heavy atom. The Morgan fingerprint density at radius 1 is 0.828 bits per heavy atom. The number of nitrogens with zero attached hydrogens (tertiary/aromatic N) is 2. The average molecular weight is 388 g/mol. The molecule has 0 aliphatic heterocycles. The van der Waals surface area contributed by atoms with E-state index in [1.54, 1.807) is 0 Å². The zero-order chi connectivity index (χ0) is 19.7. The molecule has 0 amide bonds. The molecule has 1 aromatic heterocycles. The number of ether oxygens (including phenoxy) is 1. The van der Waals surface area contributed by atoms with Crippen LogP contribution in [0.15, 0.2) is 79.1 Å². The Bertz CT molecular complexity index is 846. The minimum atomic E-state index is 0.547. The SMILES string of the molecule is c1ccc(COc2ccc(CN(NC3CCCCC3)c3ccncc3)cc2)cc1. The highest BCUT2D eigenvalue weighted by Gasteiger charge is 2.17. The van der Waals surface area contributed by atoms with Gasteiger partial charge in [-0.15, -0.1) is 0 Å². The molecule has 0 saturated heterocycles. The van der Waals surface area contributed by atoms with Crippen molar-refractivity contribution in [3.05, 3.63) is 90.3 Å². The second kappa shape index (κ2) is 10.1. The van der Waals surface area contributed by atoms with Gasteiger partial charge in [-0.2, -0.15) is 0 Å². The summed E-state index contributed by atoms with van der Waals surface area (Å²) in [5.41, 5.74) is 7.33. The van der Waals surface area contributed by atoms with Gasteiger partial charge in [0.1, 0.15) is 12.4 Å². The number of nitrogens with one attached hydrogen (secondary N) is 1. The summed E-state index contributed by atoms with van der Waals surface area (Å²) in [5.74, 6) is 0.897. The molecule has 2 aromatic carbocycles. The molecule has 3 aromatic rings. The van der Waals surface area contributed by atoms with E-state index in [9.17, 15) is 0 Å². The van der Waals surface area contributed by atoms with Crippen molar-refractivity contribution in [2.75, 3.05) is 5.01 Å². The summed E-state index contributed by atoms with van der Waals surface area (Å²) in [4.78, 5) is 4.17. The van der Waals surface area contributed by atoms with Crippen LogP contribution in [0, 0.1) is 0 Å². The van der Waals surface area contributed by atoms with E-state index in [1.165, 1.54) is 43.2 Å². The van der Waals surface area contributed by atoms with Crippen LogP contribution in [0.1, 0.15) is 43.2 Å². The summed E-state index contributed by atoms with van der Waals surface area (Å²) in [6, 6.07) is 23.3. The fraction of sp³-hybridized carbons (Fsp3) is 0.320. The minimum Gasteiger partial charge on any atom is -0.489 e. The van der Waals surface area contributed by atoms with Crippen LogP contribution in [0.5, 0.6) is 5.75 Å². The van der Waals surface area contributed by atoms with Crippen LogP contribution in [0.3, 0.4) is 0 Å². The van der Waals surface area contributed by atoms with Crippen molar-refractivity contribution in [3.8, 4) is 5.75 Å². The highest BCUT2D eigenvalue weighted by molar-refractivity contribution is 5.44. The molecule has 1 fully saturated rings. The third kappa shape index (κ3) is 5.81. The molecule has 150 valence electrons. The van der Waals surface area contributed by atoms with E-state index in [-0.39, 0.29) is 0 Å². The Kier molecular flexibility index (Phi) is 6.76. The maximum absolute atomic E-state index is 5.92. The van der Waals surface area contributed by atoms with E-state index in [0.29, 0.717) is 12.6 Å². The fourth-order valence-corrected chi connectivity index (χ4v) is 3.80. The molecule has 1 aliphatic rings. The standard InChI is InChI=1S/C25H29N3O/c1-3-7-22(8-4-1)20-29-25-13-11-21(12-14-25)19-28(24-15-17-26-18-16-24)27-23-9-5-2-6-10-23/h1,3-4,7-8,11-18,23,27H,2,5-6,9-10,19-20H2. The normalized spacial score (nSPS) is 14.5. The molecule has 4 nitrogen and oxygen atoms in total. The number of benzene rings is 2. The first-order chi connectivity index (χ1) is 14.4. The lowest BCUT2D eigenvalue weighted by Gasteiger charge is -2.32. The van der Waals surface area contributed by atoms with Crippen LogP contribution in [0.4, 0.5) is 5.69 Å². The maximum atomic E-state index is 5.92. The molecule has 0 atom stereocenters. The van der Waals surface area contributed by atoms with Crippen LogP contribution in [-0.4, -0.2) is 11.0 Å². The summed E-state index contributed by atoms with van der Waals surface area (Å²) in [5, 5.41) is 2.26. The average Bonchev–Trinajstić information content (AvgIpc) is 2.80. The molecule has 1 saturated carbocycles. The number of hydrogen-bond acceptors (Lipinski definition) is 4. The van der Waals surface area contributed by atoms with Gasteiger partial charge in [0.25, 0.3) is 0 Å². The predicted octanol–water partition coefficient (Wildman–Crippen LogP) is 5.50. The molecule has 1 N–H and O–H groups in total. The second-order valence-electron chi connectivity index (χ2n) is 7.67. The van der Waals surface area contributed by atoms with Gasteiger partial charge in [-0.25, -0.2) is 5.43 Å². The zero-order valence-corrected chi connectivity index (χ0v) is 16.8. The highest BCUT2D eigenvalue weighted by Crippen LogP contribution is 2.22. The second-order valence-corrected chi connectivity index (χ2v) is 7.67. The molecule has 29 heavy (non-hydrogen) atoms. The number of rotatable bonds is 8. The molecule has 1 aliphatic carbocycles. The van der Waals surface area contributed by atoms with Crippen LogP contribution in [0.25, 0.3) is 0 Å². The van der Waals surface area contributed by atoms with E-state index >= 15 is 0 Å². The smallest absolute Gasteiger partial charge is 0.119 e. The van der Waals surface area contributed by atoms with Gasteiger partial charge in [-0.1, -0.05) is 61.7 Å². The van der Waals surface area contributed by atoms with Crippen LogP contribution >= 0.6 is 0 Å².